The van der Waals surface area contributed by atoms with E-state index in [1.807, 2.05) is 92.7 Å². The Morgan fingerprint density at radius 2 is 0.963 bits per heavy atom. The van der Waals surface area contributed by atoms with Crippen molar-refractivity contribution in [3.05, 3.63) is 143 Å². The van der Waals surface area contributed by atoms with Gasteiger partial charge in [0.1, 0.15) is 21.8 Å². The molecule has 0 radical (unpaired) electrons. The van der Waals surface area contributed by atoms with Crippen LogP contribution in [-0.2, 0) is 28.8 Å². The van der Waals surface area contributed by atoms with E-state index in [2.05, 4.69) is 63.6 Å². The molecule has 6 aromatic rings. The molecule has 6 heterocycles. The van der Waals surface area contributed by atoms with Gasteiger partial charge >= 0.3 is 0 Å². The molecular formula is C63H73N9O6S2. The average Bonchev–Trinajstić information content (AvgIpc) is 4.36. The molecule has 0 saturated carbocycles. The predicted octanol–water partition coefficient (Wildman–Crippen LogP) is 9.42. The lowest BCUT2D eigenvalue weighted by atomic mass is 9.91. The van der Waals surface area contributed by atoms with Gasteiger partial charge in [0.05, 0.1) is 27.8 Å². The average molecular weight is 1120 g/mol. The Morgan fingerprint density at radius 1 is 0.525 bits per heavy atom. The SMILES string of the molecule is CC(=O)N1CCN(CCCC(=O)C[C@@H](C(=O)N2CCC[C@H]2c2ncc(-c3ccc(-c4ccc(-c5cnc([C@@H]6CCCN6C(=O)[C@H](NC(=O)CCCN6CCN(C(C)=O)CC6)c6ccccc6)s5)cc4)cc3)s2)c2ccccc2)CC1. The van der Waals surface area contributed by atoms with Crippen LogP contribution < -0.4 is 5.32 Å². The molecule has 4 aromatic carbocycles. The van der Waals surface area contributed by atoms with Crippen LogP contribution in [0.4, 0.5) is 0 Å². The van der Waals surface area contributed by atoms with Crippen molar-refractivity contribution in [2.45, 2.75) is 95.7 Å². The van der Waals surface area contributed by atoms with Crippen LogP contribution in [0, 0.1) is 0 Å². The molecular weight excluding hydrogens is 1040 g/mol. The number of nitrogens with one attached hydrogen (secondary N) is 1. The van der Waals surface area contributed by atoms with Gasteiger partial charge in [-0.3, -0.25) is 38.6 Å². The summed E-state index contributed by atoms with van der Waals surface area (Å²) < 4.78 is 0. The number of hydrogen-bond acceptors (Lipinski definition) is 12. The maximum absolute atomic E-state index is 14.5. The molecule has 4 aliphatic rings. The molecule has 5 amide bonds. The third kappa shape index (κ3) is 13.8. The van der Waals surface area contributed by atoms with E-state index >= 15 is 0 Å². The number of piperazine rings is 2. The third-order valence-corrected chi connectivity index (χ3v) is 18.7. The highest BCUT2D eigenvalue weighted by atomic mass is 32.1. The van der Waals surface area contributed by atoms with E-state index in [1.54, 1.807) is 36.5 Å². The van der Waals surface area contributed by atoms with Gasteiger partial charge in [0.2, 0.25) is 29.5 Å². The Hall–Kier alpha value is -6.92. The molecule has 17 heteroatoms. The first-order chi connectivity index (χ1) is 38.9. The second-order valence-corrected chi connectivity index (χ2v) is 23.8. The van der Waals surface area contributed by atoms with Crippen LogP contribution in [0.1, 0.15) is 117 Å². The number of aromatic nitrogens is 2. The van der Waals surface area contributed by atoms with Gasteiger partial charge in [0, 0.05) is 111 Å². The van der Waals surface area contributed by atoms with Crippen LogP contribution in [0.3, 0.4) is 0 Å². The maximum atomic E-state index is 14.5. The summed E-state index contributed by atoms with van der Waals surface area (Å²) in [5, 5.41) is 4.89. The summed E-state index contributed by atoms with van der Waals surface area (Å²) in [6.07, 6.45) is 9.46. The molecule has 10 rings (SSSR count). The molecule has 4 atom stereocenters. The monoisotopic (exact) mass is 1120 g/mol. The highest BCUT2D eigenvalue weighted by molar-refractivity contribution is 7.15. The van der Waals surface area contributed by atoms with Gasteiger partial charge in [-0.05, 0) is 85.0 Å². The van der Waals surface area contributed by atoms with Crippen molar-refractivity contribution in [3.8, 4) is 32.0 Å². The van der Waals surface area contributed by atoms with E-state index in [4.69, 9.17) is 9.97 Å². The number of Topliss-reactive ketones (excluding diaryl/α,β-unsaturated/α-hetero) is 1. The van der Waals surface area contributed by atoms with Crippen molar-refractivity contribution >= 4 is 58.0 Å². The second-order valence-electron chi connectivity index (χ2n) is 21.7. The van der Waals surface area contributed by atoms with Crippen molar-refractivity contribution < 1.29 is 28.8 Å². The number of carbonyl (C=O) groups is 6. The molecule has 1 N–H and O–H groups in total. The van der Waals surface area contributed by atoms with Crippen molar-refractivity contribution in [2.24, 2.45) is 0 Å². The Morgan fingerprint density at radius 3 is 1.44 bits per heavy atom. The Bertz CT molecular complexity index is 2870. The molecule has 0 aliphatic carbocycles. The van der Waals surface area contributed by atoms with Crippen LogP contribution in [0.25, 0.3) is 32.0 Å². The zero-order chi connectivity index (χ0) is 55.5. The molecule has 15 nitrogen and oxygen atoms in total. The van der Waals surface area contributed by atoms with Crippen molar-refractivity contribution in [2.75, 3.05) is 78.5 Å². The van der Waals surface area contributed by atoms with Gasteiger partial charge in [-0.1, -0.05) is 109 Å². The summed E-state index contributed by atoms with van der Waals surface area (Å²) in [6, 6.07) is 35.1. The fraction of sp³-hybridized carbons (Fsp3) is 0.429. The number of rotatable bonds is 20. The standard InChI is InChI=1S/C63H73N9O6S2/c1-44(73)69-37-33-67(34-38-69)29-9-17-52(75)41-53(48-13-5-3-6-14-48)62(77)71-31-10-18-54(71)60-64-42-56(79-60)49-25-21-46(22-26-49)47-23-27-50(28-24-47)57-43-65-61(80-57)55-19-11-32-72(55)63(78)59(51-15-7-4-8-16-51)66-58(76)20-12-30-68-35-39-70(40-36-68)45(2)74/h3-8,13-16,21-28,42-43,53-55,59H,9-12,17-20,29-41H2,1-2H3,(H,66,76)/t53-,54+,55+,59-/m1/s1. The lowest BCUT2D eigenvalue weighted by molar-refractivity contribution is -0.137. The molecule has 0 spiro atoms. The molecule has 80 heavy (non-hydrogen) atoms. The van der Waals surface area contributed by atoms with Gasteiger partial charge < -0.3 is 24.9 Å². The minimum absolute atomic E-state index is 0.0137. The largest absolute Gasteiger partial charge is 0.341 e. The number of benzene rings is 4. The van der Waals surface area contributed by atoms with Crippen LogP contribution in [0.5, 0.6) is 0 Å². The van der Waals surface area contributed by atoms with E-state index in [1.165, 1.54) is 0 Å². The van der Waals surface area contributed by atoms with E-state index in [9.17, 15) is 28.8 Å². The summed E-state index contributed by atoms with van der Waals surface area (Å²) in [5.74, 6) is -0.546. The topological polar surface area (TPSA) is 160 Å². The van der Waals surface area contributed by atoms with Crippen molar-refractivity contribution in [1.29, 1.82) is 0 Å². The summed E-state index contributed by atoms with van der Waals surface area (Å²) in [4.78, 5) is 104. The fourth-order valence-corrected chi connectivity index (χ4v) is 14.0. The molecule has 0 bridgehead atoms. The van der Waals surface area contributed by atoms with Gasteiger partial charge in [-0.25, -0.2) is 9.97 Å². The summed E-state index contributed by atoms with van der Waals surface area (Å²) in [7, 11) is 0. The molecule has 2 aromatic heterocycles. The minimum Gasteiger partial charge on any atom is -0.341 e. The summed E-state index contributed by atoms with van der Waals surface area (Å²) in [5.41, 5.74) is 5.89. The molecule has 4 saturated heterocycles. The normalized spacial score (nSPS) is 18.8. The lowest BCUT2D eigenvalue weighted by Crippen LogP contribution is -2.48. The first kappa shape index (κ1) is 56.4. The zero-order valence-electron chi connectivity index (χ0n) is 46.0. The van der Waals surface area contributed by atoms with Crippen LogP contribution in [0.2, 0.25) is 0 Å². The van der Waals surface area contributed by atoms with Crippen molar-refractivity contribution in [1.82, 2.24) is 44.7 Å². The van der Waals surface area contributed by atoms with Gasteiger partial charge in [0.25, 0.3) is 0 Å². The molecule has 0 unspecified atom stereocenters. The summed E-state index contributed by atoms with van der Waals surface area (Å²) >= 11 is 3.23. The fourth-order valence-electron chi connectivity index (χ4n) is 11.8. The number of hydrogen-bond donors (Lipinski definition) is 1. The zero-order valence-corrected chi connectivity index (χ0v) is 47.7. The van der Waals surface area contributed by atoms with Crippen LogP contribution in [0.15, 0.2) is 122 Å². The van der Waals surface area contributed by atoms with E-state index < -0.39 is 12.0 Å². The minimum atomic E-state index is -0.802. The van der Waals surface area contributed by atoms with E-state index in [0.29, 0.717) is 45.4 Å². The van der Waals surface area contributed by atoms with E-state index in [0.717, 1.165) is 138 Å². The van der Waals surface area contributed by atoms with E-state index in [-0.39, 0.29) is 53.8 Å². The van der Waals surface area contributed by atoms with Gasteiger partial charge in [0.15, 0.2) is 0 Å². The number of carbonyl (C=O) groups excluding carboxylic acids is 6. The highest BCUT2D eigenvalue weighted by Gasteiger charge is 2.39. The summed E-state index contributed by atoms with van der Waals surface area (Å²) in [6.45, 7) is 12.1. The Balaban J connectivity index is 0.737. The highest BCUT2D eigenvalue weighted by Crippen LogP contribution is 2.42. The first-order valence-corrected chi connectivity index (χ1v) is 30.2. The molecule has 4 aliphatic heterocycles. The maximum Gasteiger partial charge on any atom is 0.250 e. The third-order valence-electron chi connectivity index (χ3n) is 16.4. The van der Waals surface area contributed by atoms with Crippen LogP contribution >= 0.6 is 22.7 Å². The Kier molecular flexibility index (Phi) is 18.7. The quantitative estimate of drug-likeness (QED) is 0.0781. The Labute approximate surface area is 478 Å². The number of amides is 5. The first-order valence-electron chi connectivity index (χ1n) is 28.6. The number of nitrogens with zero attached hydrogens (tertiary/aromatic N) is 8. The van der Waals surface area contributed by atoms with Crippen molar-refractivity contribution in [3.63, 3.8) is 0 Å². The molecule has 418 valence electrons. The molecule has 4 fully saturated rings. The second kappa shape index (κ2) is 26.6. The lowest BCUT2D eigenvalue weighted by Gasteiger charge is -2.34. The van der Waals surface area contributed by atoms with Gasteiger partial charge in [-0.2, -0.15) is 0 Å². The number of likely N-dealkylation sites (tertiary alicyclic amines) is 2. The van der Waals surface area contributed by atoms with Gasteiger partial charge in [-0.15, -0.1) is 22.7 Å². The van der Waals surface area contributed by atoms with Crippen LogP contribution in [-0.4, -0.2) is 153 Å². The smallest absolute Gasteiger partial charge is 0.250 e. The number of thiazole rings is 2. The number of ketones is 1. The predicted molar refractivity (Wildman–Crippen MR) is 313 cm³/mol.